The molecule has 1 saturated heterocycles. The second kappa shape index (κ2) is 8.15. The highest BCUT2D eigenvalue weighted by atomic mass is 15.1. The molecule has 0 aromatic carbocycles. The zero-order valence-electron chi connectivity index (χ0n) is 10.8. The van der Waals surface area contributed by atoms with Crippen molar-refractivity contribution in [3.8, 4) is 0 Å². The number of unbranched alkanes of at least 4 members (excludes halogenated alkanes) is 4. The van der Waals surface area contributed by atoms with Gasteiger partial charge in [0.2, 0.25) is 0 Å². The lowest BCUT2D eigenvalue weighted by Crippen LogP contribution is -2.33. The van der Waals surface area contributed by atoms with E-state index in [2.05, 4.69) is 18.7 Å². The zero-order valence-corrected chi connectivity index (χ0v) is 10.8. The summed E-state index contributed by atoms with van der Waals surface area (Å²) in [5, 5.41) is 0. The van der Waals surface area contributed by atoms with Crippen LogP contribution < -0.4 is 0 Å². The molecule has 0 atom stereocenters. The lowest BCUT2D eigenvalue weighted by atomic mass is 9.91. The Kier molecular flexibility index (Phi) is 7.08. The minimum absolute atomic E-state index is 1.05. The van der Waals surface area contributed by atoms with Crippen LogP contribution >= 0.6 is 0 Å². The maximum atomic E-state index is 2.59. The van der Waals surface area contributed by atoms with Gasteiger partial charge in [-0.3, -0.25) is 0 Å². The number of nitrogens with zero attached hydrogens (tertiary/aromatic N) is 1. The van der Waals surface area contributed by atoms with Crippen LogP contribution in [-0.2, 0) is 0 Å². The SMILES string of the molecule is CCCCCCCC1CCN(CC)CC1. The Balaban J connectivity index is 1.94. The van der Waals surface area contributed by atoms with E-state index in [1.165, 1.54) is 71.0 Å². The van der Waals surface area contributed by atoms with E-state index >= 15 is 0 Å². The maximum Gasteiger partial charge on any atom is -0.00162 e. The summed E-state index contributed by atoms with van der Waals surface area (Å²) in [5.74, 6) is 1.05. The molecule has 15 heavy (non-hydrogen) atoms. The molecule has 1 fully saturated rings. The summed E-state index contributed by atoms with van der Waals surface area (Å²) in [6, 6.07) is 0. The van der Waals surface area contributed by atoms with Gasteiger partial charge in [-0.15, -0.1) is 0 Å². The quantitative estimate of drug-likeness (QED) is 0.574. The van der Waals surface area contributed by atoms with E-state index in [1.54, 1.807) is 0 Å². The van der Waals surface area contributed by atoms with Crippen LogP contribution in [-0.4, -0.2) is 24.5 Å². The fourth-order valence-electron chi connectivity index (χ4n) is 2.63. The second-order valence-electron chi connectivity index (χ2n) is 5.08. The molecule has 0 N–H and O–H groups in total. The number of piperidine rings is 1. The highest BCUT2D eigenvalue weighted by Crippen LogP contribution is 2.22. The highest BCUT2D eigenvalue weighted by Gasteiger charge is 2.16. The number of likely N-dealkylation sites (tertiary alicyclic amines) is 1. The third-order valence-corrected chi connectivity index (χ3v) is 3.87. The number of hydrogen-bond acceptors (Lipinski definition) is 1. The largest absolute Gasteiger partial charge is 0.304 e. The first-order valence-electron chi connectivity index (χ1n) is 7.09. The van der Waals surface area contributed by atoms with Crippen molar-refractivity contribution in [2.45, 2.75) is 65.2 Å². The predicted octanol–water partition coefficient (Wildman–Crippen LogP) is 4.08. The van der Waals surface area contributed by atoms with Gasteiger partial charge in [-0.1, -0.05) is 52.4 Å². The molecule has 0 bridgehead atoms. The fourth-order valence-corrected chi connectivity index (χ4v) is 2.63. The van der Waals surface area contributed by atoms with Gasteiger partial charge in [0.15, 0.2) is 0 Å². The van der Waals surface area contributed by atoms with Crippen molar-refractivity contribution in [3.05, 3.63) is 0 Å². The normalized spacial score (nSPS) is 19.6. The molecular formula is C14H29N. The first kappa shape index (κ1) is 13.0. The smallest absolute Gasteiger partial charge is 0.00162 e. The van der Waals surface area contributed by atoms with E-state index in [0.29, 0.717) is 0 Å². The van der Waals surface area contributed by atoms with Gasteiger partial charge in [0.05, 0.1) is 0 Å². The Hall–Kier alpha value is -0.0400. The van der Waals surface area contributed by atoms with Gasteiger partial charge in [-0.25, -0.2) is 0 Å². The highest BCUT2D eigenvalue weighted by molar-refractivity contribution is 4.71. The Bertz CT molecular complexity index is 136. The molecule has 0 aromatic heterocycles. The van der Waals surface area contributed by atoms with Gasteiger partial charge in [0.1, 0.15) is 0 Å². The van der Waals surface area contributed by atoms with Gasteiger partial charge in [0.25, 0.3) is 0 Å². The molecule has 0 aromatic rings. The Morgan fingerprint density at radius 3 is 2.20 bits per heavy atom. The third-order valence-electron chi connectivity index (χ3n) is 3.87. The Labute approximate surface area is 96.2 Å². The summed E-state index contributed by atoms with van der Waals surface area (Å²) in [5.41, 5.74) is 0. The van der Waals surface area contributed by atoms with Crippen molar-refractivity contribution in [2.24, 2.45) is 5.92 Å². The van der Waals surface area contributed by atoms with Gasteiger partial charge in [0, 0.05) is 0 Å². The first-order chi connectivity index (χ1) is 7.36. The van der Waals surface area contributed by atoms with Crippen LogP contribution in [0.3, 0.4) is 0 Å². The van der Waals surface area contributed by atoms with Gasteiger partial charge < -0.3 is 4.90 Å². The molecule has 0 spiro atoms. The van der Waals surface area contributed by atoms with Crippen LogP contribution in [0.25, 0.3) is 0 Å². The topological polar surface area (TPSA) is 3.24 Å². The van der Waals surface area contributed by atoms with Crippen LogP contribution in [0.15, 0.2) is 0 Å². The maximum absolute atomic E-state index is 2.59. The molecular weight excluding hydrogens is 182 g/mol. The monoisotopic (exact) mass is 211 g/mol. The lowest BCUT2D eigenvalue weighted by Gasteiger charge is -2.31. The standard InChI is InChI=1S/C14H29N/c1-3-5-6-7-8-9-14-10-12-15(4-2)13-11-14/h14H,3-13H2,1-2H3. The summed E-state index contributed by atoms with van der Waals surface area (Å²) >= 11 is 0. The summed E-state index contributed by atoms with van der Waals surface area (Å²) in [6.07, 6.45) is 11.6. The summed E-state index contributed by atoms with van der Waals surface area (Å²) in [6.45, 7) is 8.54. The molecule has 1 nitrogen and oxygen atoms in total. The second-order valence-corrected chi connectivity index (χ2v) is 5.08. The minimum Gasteiger partial charge on any atom is -0.304 e. The van der Waals surface area contributed by atoms with Crippen molar-refractivity contribution in [2.75, 3.05) is 19.6 Å². The van der Waals surface area contributed by atoms with Crippen molar-refractivity contribution >= 4 is 0 Å². The zero-order chi connectivity index (χ0) is 10.9. The van der Waals surface area contributed by atoms with Crippen LogP contribution in [0.5, 0.6) is 0 Å². The molecule has 1 heterocycles. The van der Waals surface area contributed by atoms with Crippen LogP contribution in [0.4, 0.5) is 0 Å². The third kappa shape index (κ3) is 5.55. The molecule has 0 aliphatic carbocycles. The van der Waals surface area contributed by atoms with Crippen LogP contribution in [0, 0.1) is 5.92 Å². The van der Waals surface area contributed by atoms with Crippen molar-refractivity contribution in [1.29, 1.82) is 0 Å². The van der Waals surface area contributed by atoms with E-state index in [4.69, 9.17) is 0 Å². The molecule has 0 unspecified atom stereocenters. The van der Waals surface area contributed by atoms with E-state index in [0.717, 1.165) is 5.92 Å². The number of rotatable bonds is 7. The first-order valence-corrected chi connectivity index (χ1v) is 7.09. The molecule has 1 heteroatoms. The van der Waals surface area contributed by atoms with E-state index in [1.807, 2.05) is 0 Å². The van der Waals surface area contributed by atoms with Gasteiger partial charge >= 0.3 is 0 Å². The summed E-state index contributed by atoms with van der Waals surface area (Å²) in [7, 11) is 0. The molecule has 1 aliphatic rings. The van der Waals surface area contributed by atoms with Crippen molar-refractivity contribution in [1.82, 2.24) is 4.90 Å². The van der Waals surface area contributed by atoms with Crippen LogP contribution in [0.1, 0.15) is 65.2 Å². The summed E-state index contributed by atoms with van der Waals surface area (Å²) in [4.78, 5) is 2.59. The average molecular weight is 211 g/mol. The van der Waals surface area contributed by atoms with Crippen molar-refractivity contribution in [3.63, 3.8) is 0 Å². The molecule has 1 aliphatic heterocycles. The van der Waals surface area contributed by atoms with Gasteiger partial charge in [-0.05, 0) is 38.4 Å². The summed E-state index contributed by atoms with van der Waals surface area (Å²) < 4.78 is 0. The van der Waals surface area contributed by atoms with E-state index in [-0.39, 0.29) is 0 Å². The molecule has 0 saturated carbocycles. The average Bonchev–Trinajstić information content (AvgIpc) is 2.30. The molecule has 0 radical (unpaired) electrons. The van der Waals surface area contributed by atoms with Gasteiger partial charge in [-0.2, -0.15) is 0 Å². The molecule has 1 rings (SSSR count). The lowest BCUT2D eigenvalue weighted by molar-refractivity contribution is 0.184. The van der Waals surface area contributed by atoms with Crippen molar-refractivity contribution < 1.29 is 0 Å². The van der Waals surface area contributed by atoms with E-state index in [9.17, 15) is 0 Å². The van der Waals surface area contributed by atoms with Crippen LogP contribution in [0.2, 0.25) is 0 Å². The molecule has 0 amide bonds. The Morgan fingerprint density at radius 2 is 1.60 bits per heavy atom. The predicted molar refractivity (Wildman–Crippen MR) is 68.2 cm³/mol. The number of hydrogen-bond donors (Lipinski definition) is 0. The molecule has 90 valence electrons. The minimum atomic E-state index is 1.05. The Morgan fingerprint density at radius 1 is 0.933 bits per heavy atom. The van der Waals surface area contributed by atoms with E-state index < -0.39 is 0 Å². The fraction of sp³-hybridized carbons (Fsp3) is 1.00.